The van der Waals surface area contributed by atoms with Gasteiger partial charge in [-0.15, -0.1) is 11.3 Å². The highest BCUT2D eigenvalue weighted by Crippen LogP contribution is 2.25. The number of aryl methyl sites for hydroxylation is 2. The smallest absolute Gasteiger partial charge is 0.120 e. The van der Waals surface area contributed by atoms with Crippen LogP contribution in [0, 0.1) is 13.8 Å². The second-order valence-corrected chi connectivity index (χ2v) is 6.05. The molecule has 0 aliphatic heterocycles. The molecule has 96 valence electrons. The predicted molar refractivity (Wildman–Crippen MR) is 77.2 cm³/mol. The van der Waals surface area contributed by atoms with Crippen molar-refractivity contribution in [1.29, 1.82) is 0 Å². The molecule has 1 aromatic carbocycles. The summed E-state index contributed by atoms with van der Waals surface area (Å²) in [6.45, 7) is 7.07. The third-order valence-electron chi connectivity index (χ3n) is 3.03. The quantitative estimate of drug-likeness (QED) is 0.874. The summed E-state index contributed by atoms with van der Waals surface area (Å²) < 4.78 is 0. The summed E-state index contributed by atoms with van der Waals surface area (Å²) in [4.78, 5) is 2.66. The van der Waals surface area contributed by atoms with Crippen molar-refractivity contribution in [2.45, 2.75) is 33.4 Å². The third-order valence-corrected chi connectivity index (χ3v) is 4.03. The standard InChI is InChI=1S/C15H19NOS/c1-10-4-7-15(17)14(8-10)12(3)16-9-13-6-5-11(2)18-13/h4-8,12,16-17H,9H2,1-3H3. The normalized spacial score (nSPS) is 12.6. The van der Waals surface area contributed by atoms with Crippen molar-refractivity contribution in [3.05, 3.63) is 51.2 Å². The van der Waals surface area contributed by atoms with Gasteiger partial charge in [0.1, 0.15) is 5.75 Å². The van der Waals surface area contributed by atoms with E-state index in [0.29, 0.717) is 5.75 Å². The topological polar surface area (TPSA) is 32.3 Å². The Kier molecular flexibility index (Phi) is 4.04. The summed E-state index contributed by atoms with van der Waals surface area (Å²) in [7, 11) is 0. The van der Waals surface area contributed by atoms with Gasteiger partial charge in [-0.05, 0) is 39.0 Å². The van der Waals surface area contributed by atoms with Crippen LogP contribution in [0.15, 0.2) is 30.3 Å². The van der Waals surface area contributed by atoms with E-state index in [4.69, 9.17) is 0 Å². The van der Waals surface area contributed by atoms with Gasteiger partial charge in [-0.2, -0.15) is 0 Å². The van der Waals surface area contributed by atoms with Crippen molar-refractivity contribution in [2.75, 3.05) is 0 Å². The summed E-state index contributed by atoms with van der Waals surface area (Å²) in [5.74, 6) is 0.364. The van der Waals surface area contributed by atoms with Crippen molar-refractivity contribution >= 4 is 11.3 Å². The summed E-state index contributed by atoms with van der Waals surface area (Å²) in [5, 5.41) is 13.3. The molecule has 2 aromatic rings. The Balaban J connectivity index is 2.03. The Bertz CT molecular complexity index is 533. The largest absolute Gasteiger partial charge is 0.508 e. The lowest BCUT2D eigenvalue weighted by molar-refractivity contribution is 0.452. The molecule has 2 rings (SSSR count). The highest BCUT2D eigenvalue weighted by Gasteiger charge is 2.10. The van der Waals surface area contributed by atoms with Crippen molar-refractivity contribution in [2.24, 2.45) is 0 Å². The number of benzene rings is 1. The van der Waals surface area contributed by atoms with Gasteiger partial charge in [0, 0.05) is 27.9 Å². The second kappa shape index (κ2) is 5.55. The number of thiophene rings is 1. The van der Waals surface area contributed by atoms with Crippen LogP contribution < -0.4 is 5.32 Å². The number of phenolic OH excluding ortho intramolecular Hbond substituents is 1. The minimum atomic E-state index is 0.146. The van der Waals surface area contributed by atoms with E-state index in [-0.39, 0.29) is 6.04 Å². The minimum absolute atomic E-state index is 0.146. The molecule has 0 saturated carbocycles. The van der Waals surface area contributed by atoms with Gasteiger partial charge in [-0.1, -0.05) is 17.7 Å². The van der Waals surface area contributed by atoms with Crippen LogP contribution in [0.2, 0.25) is 0 Å². The Hall–Kier alpha value is -1.32. The van der Waals surface area contributed by atoms with E-state index in [9.17, 15) is 5.11 Å². The first-order valence-electron chi connectivity index (χ1n) is 6.14. The average Bonchev–Trinajstić information content (AvgIpc) is 2.75. The van der Waals surface area contributed by atoms with Crippen molar-refractivity contribution in [1.82, 2.24) is 5.32 Å². The molecule has 0 amide bonds. The fraction of sp³-hybridized carbons (Fsp3) is 0.333. The highest BCUT2D eigenvalue weighted by atomic mass is 32.1. The van der Waals surface area contributed by atoms with Gasteiger partial charge in [0.2, 0.25) is 0 Å². The zero-order valence-corrected chi connectivity index (χ0v) is 11.8. The Labute approximate surface area is 112 Å². The van der Waals surface area contributed by atoms with Crippen LogP contribution in [0.4, 0.5) is 0 Å². The number of rotatable bonds is 4. The Morgan fingerprint density at radius 1 is 1.22 bits per heavy atom. The van der Waals surface area contributed by atoms with Crippen LogP contribution in [0.25, 0.3) is 0 Å². The summed E-state index contributed by atoms with van der Waals surface area (Å²) in [5.41, 5.74) is 2.13. The molecule has 2 N–H and O–H groups in total. The molecule has 0 spiro atoms. The number of hydrogen-bond acceptors (Lipinski definition) is 3. The molecule has 0 fully saturated rings. The fourth-order valence-corrected chi connectivity index (χ4v) is 2.81. The van der Waals surface area contributed by atoms with E-state index in [0.717, 1.165) is 12.1 Å². The molecule has 18 heavy (non-hydrogen) atoms. The van der Waals surface area contributed by atoms with Crippen LogP contribution >= 0.6 is 11.3 Å². The second-order valence-electron chi connectivity index (χ2n) is 4.68. The molecular formula is C15H19NOS. The van der Waals surface area contributed by atoms with Crippen LogP contribution in [-0.2, 0) is 6.54 Å². The molecule has 1 atom stereocenters. The average molecular weight is 261 g/mol. The number of aromatic hydroxyl groups is 1. The molecule has 1 unspecified atom stereocenters. The molecule has 2 nitrogen and oxygen atoms in total. The predicted octanol–water partition coefficient (Wildman–Crippen LogP) is 3.92. The zero-order valence-electron chi connectivity index (χ0n) is 11.0. The van der Waals surface area contributed by atoms with Crippen LogP contribution in [0.5, 0.6) is 5.75 Å². The van der Waals surface area contributed by atoms with Crippen LogP contribution in [-0.4, -0.2) is 5.11 Å². The van der Waals surface area contributed by atoms with Gasteiger partial charge in [-0.3, -0.25) is 0 Å². The Morgan fingerprint density at radius 2 is 2.00 bits per heavy atom. The van der Waals surface area contributed by atoms with Gasteiger partial charge in [0.05, 0.1) is 0 Å². The molecular weight excluding hydrogens is 242 g/mol. The lowest BCUT2D eigenvalue weighted by atomic mass is 10.0. The summed E-state index contributed by atoms with van der Waals surface area (Å²) in [6, 6.07) is 10.2. The fourth-order valence-electron chi connectivity index (χ4n) is 1.96. The zero-order chi connectivity index (χ0) is 13.1. The molecule has 0 aliphatic carbocycles. The first kappa shape index (κ1) is 13.1. The van der Waals surface area contributed by atoms with Gasteiger partial charge in [0.25, 0.3) is 0 Å². The van der Waals surface area contributed by atoms with Gasteiger partial charge >= 0.3 is 0 Å². The summed E-state index contributed by atoms with van der Waals surface area (Å²) in [6.07, 6.45) is 0. The van der Waals surface area contributed by atoms with E-state index >= 15 is 0 Å². The lowest BCUT2D eigenvalue weighted by Crippen LogP contribution is -2.17. The maximum Gasteiger partial charge on any atom is 0.120 e. The van der Waals surface area contributed by atoms with Crippen molar-refractivity contribution in [3.8, 4) is 5.75 Å². The van der Waals surface area contributed by atoms with E-state index in [1.807, 2.05) is 30.4 Å². The minimum Gasteiger partial charge on any atom is -0.508 e. The number of phenols is 1. The monoisotopic (exact) mass is 261 g/mol. The molecule has 1 aromatic heterocycles. The number of nitrogens with one attached hydrogen (secondary N) is 1. The van der Waals surface area contributed by atoms with E-state index in [1.54, 1.807) is 6.07 Å². The molecule has 0 radical (unpaired) electrons. The molecule has 3 heteroatoms. The molecule has 0 bridgehead atoms. The highest BCUT2D eigenvalue weighted by molar-refractivity contribution is 7.11. The van der Waals surface area contributed by atoms with E-state index < -0.39 is 0 Å². The molecule has 0 saturated heterocycles. The first-order chi connectivity index (χ1) is 8.56. The first-order valence-corrected chi connectivity index (χ1v) is 6.96. The third kappa shape index (κ3) is 3.12. The van der Waals surface area contributed by atoms with E-state index in [1.165, 1.54) is 15.3 Å². The lowest BCUT2D eigenvalue weighted by Gasteiger charge is -2.15. The van der Waals surface area contributed by atoms with Crippen LogP contribution in [0.1, 0.15) is 33.8 Å². The van der Waals surface area contributed by atoms with Crippen molar-refractivity contribution in [3.63, 3.8) is 0 Å². The maximum atomic E-state index is 9.87. The van der Waals surface area contributed by atoms with Gasteiger partial charge in [-0.25, -0.2) is 0 Å². The van der Waals surface area contributed by atoms with E-state index in [2.05, 4.69) is 31.3 Å². The maximum absolute atomic E-state index is 9.87. The Morgan fingerprint density at radius 3 is 2.67 bits per heavy atom. The molecule has 0 aliphatic rings. The SMILES string of the molecule is Cc1ccc(O)c(C(C)NCc2ccc(C)s2)c1. The van der Waals surface area contributed by atoms with Crippen molar-refractivity contribution < 1.29 is 5.11 Å². The van der Waals surface area contributed by atoms with Gasteiger partial charge < -0.3 is 10.4 Å². The number of hydrogen-bond donors (Lipinski definition) is 2. The van der Waals surface area contributed by atoms with Gasteiger partial charge in [0.15, 0.2) is 0 Å². The summed E-state index contributed by atoms with van der Waals surface area (Å²) >= 11 is 1.81. The molecule has 1 heterocycles. The van der Waals surface area contributed by atoms with Crippen LogP contribution in [0.3, 0.4) is 0 Å².